The Kier molecular flexibility index (Phi) is 20.9. The maximum absolute atomic E-state index is 14.6. The van der Waals surface area contributed by atoms with Gasteiger partial charge in [-0.3, -0.25) is 19.2 Å². The van der Waals surface area contributed by atoms with Crippen LogP contribution in [0.2, 0.25) is 0 Å². The Labute approximate surface area is 333 Å². The number of ether oxygens (including phenoxy) is 2. The number of phenols is 1. The average Bonchev–Trinajstić information content (AvgIpc) is 3.67. The van der Waals surface area contributed by atoms with Gasteiger partial charge in [0.15, 0.2) is 0 Å². The van der Waals surface area contributed by atoms with E-state index in [0.717, 1.165) is 31.2 Å². The summed E-state index contributed by atoms with van der Waals surface area (Å²) in [5.74, 6) is -1.24. The molecule has 55 heavy (non-hydrogen) atoms. The number of hydrogen-bond acceptors (Lipinski definition) is 10. The second kappa shape index (κ2) is 24.2. The molecule has 0 aliphatic heterocycles. The van der Waals surface area contributed by atoms with E-state index in [0.29, 0.717) is 37.4 Å². The number of phenolic OH excluding ortho intramolecular Hbond substituents is 1. The number of benzene rings is 1. The van der Waals surface area contributed by atoms with E-state index < -0.39 is 30.1 Å². The first-order valence-corrected chi connectivity index (χ1v) is 21.0. The number of thiazole rings is 1. The third-order valence-corrected chi connectivity index (χ3v) is 11.4. The molecule has 2 rings (SSSR count). The summed E-state index contributed by atoms with van der Waals surface area (Å²) in [5, 5.41) is 21.5. The zero-order chi connectivity index (χ0) is 41.2. The fourth-order valence-electron chi connectivity index (χ4n) is 6.81. The van der Waals surface area contributed by atoms with Crippen LogP contribution in [0.15, 0.2) is 29.6 Å². The second-order valence-corrected chi connectivity index (χ2v) is 16.1. The smallest absolute Gasteiger partial charge is 0.308 e. The molecule has 12 nitrogen and oxygen atoms in total. The highest BCUT2D eigenvalue weighted by Crippen LogP contribution is 2.32. The minimum absolute atomic E-state index is 0.0573. The quantitative estimate of drug-likeness (QED) is 0.0807. The van der Waals surface area contributed by atoms with Gasteiger partial charge < -0.3 is 35.4 Å². The number of likely N-dealkylation sites (N-methyl/N-ethyl adjacent to an activating group) is 1. The Hall–Kier alpha value is -3.55. The van der Waals surface area contributed by atoms with Gasteiger partial charge in [-0.15, -0.1) is 11.3 Å². The van der Waals surface area contributed by atoms with Crippen LogP contribution in [0.1, 0.15) is 128 Å². The van der Waals surface area contributed by atoms with Crippen molar-refractivity contribution in [3.05, 3.63) is 45.9 Å². The van der Waals surface area contributed by atoms with Crippen molar-refractivity contribution in [2.45, 2.75) is 138 Å². The number of rotatable bonds is 25. The molecule has 310 valence electrons. The molecule has 0 fully saturated rings. The molecule has 0 saturated heterocycles. The van der Waals surface area contributed by atoms with Crippen LogP contribution in [0.4, 0.5) is 0 Å². The van der Waals surface area contributed by atoms with Crippen molar-refractivity contribution < 1.29 is 33.8 Å². The van der Waals surface area contributed by atoms with Crippen LogP contribution in [0.3, 0.4) is 0 Å². The Bertz CT molecular complexity index is 1470. The predicted molar refractivity (Wildman–Crippen MR) is 219 cm³/mol. The third-order valence-electron chi connectivity index (χ3n) is 10.5. The van der Waals surface area contributed by atoms with Gasteiger partial charge in [-0.2, -0.15) is 0 Å². The Morgan fingerprint density at radius 2 is 1.53 bits per heavy atom. The molecular weight excluding hydrogens is 719 g/mol. The number of nitrogens with one attached hydrogen (secondary N) is 3. The normalized spacial score (nSPS) is 15.9. The first kappa shape index (κ1) is 47.6. The SMILES string of the molecule is CCCO[C@H](CC(C(C)C)N(CCC)C(=O)[C@@H](NC(=O)[C@@H](NC)[C@@H](C)CC)[C@@H](C)CC)c1nc(C(=O)N[C@@H](Cc2ccc(O)cc2)C[C@H](C)C(=O)OC)cs1. The number of esters is 1. The molecule has 4 N–H and O–H groups in total. The predicted octanol–water partition coefficient (Wildman–Crippen LogP) is 6.68. The molecule has 1 aromatic heterocycles. The van der Waals surface area contributed by atoms with Crippen molar-refractivity contribution in [3.8, 4) is 5.75 Å². The van der Waals surface area contributed by atoms with Gasteiger partial charge in [-0.05, 0) is 68.2 Å². The van der Waals surface area contributed by atoms with Crippen LogP contribution in [-0.2, 0) is 30.3 Å². The van der Waals surface area contributed by atoms with Gasteiger partial charge in [-0.25, -0.2) is 4.98 Å². The minimum atomic E-state index is -0.688. The number of hydrogen-bond donors (Lipinski definition) is 4. The molecule has 13 heteroatoms. The van der Waals surface area contributed by atoms with E-state index >= 15 is 0 Å². The summed E-state index contributed by atoms with van der Waals surface area (Å²) in [7, 11) is 3.12. The summed E-state index contributed by atoms with van der Waals surface area (Å²) in [6.45, 7) is 19.2. The number of amides is 3. The van der Waals surface area contributed by atoms with Crippen LogP contribution in [0, 0.1) is 23.7 Å². The van der Waals surface area contributed by atoms with Crippen LogP contribution in [0.5, 0.6) is 5.75 Å². The van der Waals surface area contributed by atoms with Gasteiger partial charge in [0.25, 0.3) is 5.91 Å². The van der Waals surface area contributed by atoms with Gasteiger partial charge in [0, 0.05) is 37.0 Å². The van der Waals surface area contributed by atoms with E-state index in [4.69, 9.17) is 14.5 Å². The largest absolute Gasteiger partial charge is 0.508 e. The summed E-state index contributed by atoms with van der Waals surface area (Å²) < 4.78 is 11.4. The Morgan fingerprint density at radius 1 is 0.891 bits per heavy atom. The van der Waals surface area contributed by atoms with Crippen LogP contribution in [0.25, 0.3) is 0 Å². The molecule has 0 spiro atoms. The first-order chi connectivity index (χ1) is 26.1. The zero-order valence-electron chi connectivity index (χ0n) is 35.1. The highest BCUT2D eigenvalue weighted by Gasteiger charge is 2.38. The van der Waals surface area contributed by atoms with E-state index in [-0.39, 0.29) is 58.9 Å². The lowest BCUT2D eigenvalue weighted by Crippen LogP contribution is -2.59. The summed E-state index contributed by atoms with van der Waals surface area (Å²) >= 11 is 1.35. The van der Waals surface area contributed by atoms with Gasteiger partial charge in [0.05, 0.1) is 19.1 Å². The van der Waals surface area contributed by atoms with E-state index in [2.05, 4.69) is 36.7 Å². The highest BCUT2D eigenvalue weighted by atomic mass is 32.1. The van der Waals surface area contributed by atoms with Gasteiger partial charge in [0.1, 0.15) is 28.6 Å². The summed E-state index contributed by atoms with van der Waals surface area (Å²) in [4.78, 5) is 60.9. The number of nitrogens with zero attached hydrogens (tertiary/aromatic N) is 2. The molecule has 2 aromatic rings. The van der Waals surface area contributed by atoms with Crippen LogP contribution >= 0.6 is 11.3 Å². The molecule has 0 saturated carbocycles. The second-order valence-electron chi connectivity index (χ2n) is 15.2. The maximum atomic E-state index is 14.6. The molecular formula is C42H69N5O7S. The molecule has 0 bridgehead atoms. The average molecular weight is 788 g/mol. The zero-order valence-corrected chi connectivity index (χ0v) is 36.0. The number of methoxy groups -OCH3 is 1. The summed E-state index contributed by atoms with van der Waals surface area (Å²) in [6.07, 6.45) is 3.84. The number of aromatic hydroxyl groups is 1. The van der Waals surface area contributed by atoms with Gasteiger partial charge in [-0.1, -0.05) is 87.3 Å². The van der Waals surface area contributed by atoms with E-state index in [9.17, 15) is 24.3 Å². The molecule has 3 amide bonds. The van der Waals surface area contributed by atoms with Crippen LogP contribution < -0.4 is 16.0 Å². The van der Waals surface area contributed by atoms with Crippen molar-refractivity contribution >= 4 is 35.0 Å². The highest BCUT2D eigenvalue weighted by molar-refractivity contribution is 7.09. The Morgan fingerprint density at radius 3 is 2.07 bits per heavy atom. The van der Waals surface area contributed by atoms with Crippen molar-refractivity contribution in [3.63, 3.8) is 0 Å². The number of carbonyl (C=O) groups excluding carboxylic acids is 4. The molecule has 8 atom stereocenters. The lowest BCUT2D eigenvalue weighted by Gasteiger charge is -2.39. The number of aromatic nitrogens is 1. The molecule has 0 aliphatic rings. The topological polar surface area (TPSA) is 159 Å². The van der Waals surface area contributed by atoms with Crippen LogP contribution in [-0.4, -0.2) is 90.2 Å². The molecule has 1 heterocycles. The lowest BCUT2D eigenvalue weighted by molar-refractivity contribution is -0.145. The maximum Gasteiger partial charge on any atom is 0.308 e. The lowest BCUT2D eigenvalue weighted by atomic mass is 9.91. The first-order valence-electron chi connectivity index (χ1n) is 20.2. The van der Waals surface area contributed by atoms with E-state index in [1.807, 2.05) is 39.5 Å². The molecule has 1 unspecified atom stereocenters. The third kappa shape index (κ3) is 14.5. The fraction of sp³-hybridized carbons (Fsp3) is 0.690. The fourth-order valence-corrected chi connectivity index (χ4v) is 7.67. The van der Waals surface area contributed by atoms with Crippen molar-refractivity contribution in [2.75, 3.05) is 27.3 Å². The van der Waals surface area contributed by atoms with Crippen molar-refractivity contribution in [1.82, 2.24) is 25.8 Å². The van der Waals surface area contributed by atoms with E-state index in [1.165, 1.54) is 18.4 Å². The van der Waals surface area contributed by atoms with E-state index in [1.54, 1.807) is 43.6 Å². The standard InChI is InChI=1S/C42H69N5O7S/c1-12-20-47(41(51)37(28(8)15-4)46-39(50)36(43-10)27(7)14-3)34(26(5)6)24-35(54-21-13-2)40-45-33(25-55-40)38(49)44-31(22-29(9)42(52)53-11)23-30-16-18-32(48)19-17-30/h16-19,25-29,31,34-37,43,48H,12-15,20-24H2,1-11H3,(H,44,49)(H,46,50)/t27-,28-,29-,31+,34?,35+,36-,37-/m0/s1. The monoisotopic (exact) mass is 787 g/mol. The Balaban J connectivity index is 2.42. The molecule has 0 aliphatic carbocycles. The van der Waals surface area contributed by atoms with Gasteiger partial charge in [0.2, 0.25) is 11.8 Å². The summed E-state index contributed by atoms with van der Waals surface area (Å²) in [5.41, 5.74) is 1.14. The summed E-state index contributed by atoms with van der Waals surface area (Å²) in [6, 6.07) is 5.02. The number of carbonyl (C=O) groups is 4. The molecule has 1 aromatic carbocycles. The van der Waals surface area contributed by atoms with Gasteiger partial charge >= 0.3 is 5.97 Å². The van der Waals surface area contributed by atoms with Crippen molar-refractivity contribution in [2.24, 2.45) is 23.7 Å². The van der Waals surface area contributed by atoms with Crippen molar-refractivity contribution in [1.29, 1.82) is 0 Å². The molecule has 0 radical (unpaired) electrons. The minimum Gasteiger partial charge on any atom is -0.508 e.